The van der Waals surface area contributed by atoms with Crippen LogP contribution in [0.15, 0.2) is 84.9 Å². The average molecular weight is 360 g/mol. The van der Waals surface area contributed by atoms with Gasteiger partial charge in [-0.15, -0.1) is 0 Å². The van der Waals surface area contributed by atoms with Gasteiger partial charge in [0.05, 0.1) is 4.92 Å². The normalized spacial score (nSPS) is 10.6. The van der Waals surface area contributed by atoms with Gasteiger partial charge in [-0.3, -0.25) is 14.9 Å². The number of nitrogens with zero attached hydrogens (tertiary/aromatic N) is 1. The summed E-state index contributed by atoms with van der Waals surface area (Å²) in [6, 6.07) is 26.0. The molecule has 0 aliphatic heterocycles. The lowest BCUT2D eigenvalue weighted by molar-refractivity contribution is -0.384. The molecule has 3 rings (SSSR count). The van der Waals surface area contributed by atoms with Crippen LogP contribution in [0.2, 0.25) is 0 Å². The quantitative estimate of drug-likeness (QED) is 0.496. The van der Waals surface area contributed by atoms with Gasteiger partial charge in [-0.2, -0.15) is 0 Å². The predicted octanol–water partition coefficient (Wildman–Crippen LogP) is 4.55. The van der Waals surface area contributed by atoms with E-state index in [9.17, 15) is 14.9 Å². The van der Waals surface area contributed by atoms with Crippen LogP contribution in [-0.2, 0) is 0 Å². The van der Waals surface area contributed by atoms with Crippen LogP contribution in [0.5, 0.6) is 0 Å². The molecule has 3 aromatic rings. The fraction of sp³-hybridized carbons (Fsp3) is 0.136. The van der Waals surface area contributed by atoms with Gasteiger partial charge in [-0.25, -0.2) is 0 Å². The van der Waals surface area contributed by atoms with Gasteiger partial charge in [0.15, 0.2) is 0 Å². The van der Waals surface area contributed by atoms with Gasteiger partial charge in [-0.1, -0.05) is 60.7 Å². The lowest BCUT2D eigenvalue weighted by Crippen LogP contribution is -2.25. The topological polar surface area (TPSA) is 72.2 Å². The van der Waals surface area contributed by atoms with Crippen LogP contribution in [0.1, 0.15) is 33.8 Å². The highest BCUT2D eigenvalue weighted by Crippen LogP contribution is 2.27. The smallest absolute Gasteiger partial charge is 0.269 e. The zero-order valence-corrected chi connectivity index (χ0v) is 14.7. The standard InChI is InChI=1S/C22H20N2O3/c25-22(19-11-13-20(14-12-19)24(26)27)23-16-15-21(17-7-3-1-4-8-17)18-9-5-2-6-10-18/h1-14,21H,15-16H2,(H,23,25). The van der Waals surface area contributed by atoms with E-state index in [0.717, 1.165) is 6.42 Å². The van der Waals surface area contributed by atoms with Gasteiger partial charge in [-0.05, 0) is 29.7 Å². The summed E-state index contributed by atoms with van der Waals surface area (Å²) in [7, 11) is 0. The number of nitro groups is 1. The number of nitrogens with one attached hydrogen (secondary N) is 1. The number of nitro benzene ring substituents is 1. The van der Waals surface area contributed by atoms with Crippen molar-refractivity contribution < 1.29 is 9.72 Å². The van der Waals surface area contributed by atoms with Gasteiger partial charge in [0.1, 0.15) is 0 Å². The molecule has 0 bridgehead atoms. The summed E-state index contributed by atoms with van der Waals surface area (Å²) in [5.41, 5.74) is 2.79. The summed E-state index contributed by atoms with van der Waals surface area (Å²) in [5.74, 6) is -0.0469. The lowest BCUT2D eigenvalue weighted by Gasteiger charge is -2.18. The Morgan fingerprint density at radius 3 is 1.85 bits per heavy atom. The van der Waals surface area contributed by atoms with E-state index in [4.69, 9.17) is 0 Å². The second kappa shape index (κ2) is 8.76. The molecule has 0 unspecified atom stereocenters. The van der Waals surface area contributed by atoms with Crippen molar-refractivity contribution in [1.82, 2.24) is 5.32 Å². The molecule has 0 atom stereocenters. The Morgan fingerprint density at radius 1 is 0.852 bits per heavy atom. The predicted molar refractivity (Wildman–Crippen MR) is 105 cm³/mol. The molecular formula is C22H20N2O3. The molecule has 1 amide bonds. The average Bonchev–Trinajstić information content (AvgIpc) is 2.72. The van der Waals surface area contributed by atoms with E-state index in [1.807, 2.05) is 36.4 Å². The maximum absolute atomic E-state index is 12.3. The minimum Gasteiger partial charge on any atom is -0.352 e. The third-order valence-corrected chi connectivity index (χ3v) is 4.46. The van der Waals surface area contributed by atoms with E-state index >= 15 is 0 Å². The SMILES string of the molecule is O=C(NCCC(c1ccccc1)c1ccccc1)c1ccc([N+](=O)[O-])cc1. The number of benzene rings is 3. The van der Waals surface area contributed by atoms with Crippen molar-refractivity contribution in [2.75, 3.05) is 6.54 Å². The molecule has 136 valence electrons. The molecule has 0 fully saturated rings. The Balaban J connectivity index is 1.65. The molecule has 0 aromatic heterocycles. The van der Waals surface area contributed by atoms with Gasteiger partial charge < -0.3 is 5.32 Å². The molecular weight excluding hydrogens is 340 g/mol. The minimum atomic E-state index is -0.480. The Kier molecular flexibility index (Phi) is 5.94. The first-order valence-electron chi connectivity index (χ1n) is 8.77. The molecule has 5 nitrogen and oxygen atoms in total. The van der Waals surface area contributed by atoms with Gasteiger partial charge in [0.25, 0.3) is 11.6 Å². The maximum Gasteiger partial charge on any atom is 0.269 e. The summed E-state index contributed by atoms with van der Waals surface area (Å²) < 4.78 is 0. The van der Waals surface area contributed by atoms with Crippen molar-refractivity contribution in [3.05, 3.63) is 112 Å². The van der Waals surface area contributed by atoms with Crippen LogP contribution in [-0.4, -0.2) is 17.4 Å². The summed E-state index contributed by atoms with van der Waals surface area (Å²) >= 11 is 0. The first-order chi connectivity index (χ1) is 13.1. The van der Waals surface area contributed by atoms with E-state index < -0.39 is 4.92 Å². The van der Waals surface area contributed by atoms with E-state index in [1.54, 1.807) is 0 Å². The highest BCUT2D eigenvalue weighted by Gasteiger charge is 2.15. The number of rotatable bonds is 7. The number of hydrogen-bond acceptors (Lipinski definition) is 3. The molecule has 0 saturated carbocycles. The van der Waals surface area contributed by atoms with Crippen LogP contribution < -0.4 is 5.32 Å². The molecule has 0 spiro atoms. The molecule has 5 heteroatoms. The van der Waals surface area contributed by atoms with E-state index in [-0.39, 0.29) is 17.5 Å². The summed E-state index contributed by atoms with van der Waals surface area (Å²) in [4.78, 5) is 22.5. The lowest BCUT2D eigenvalue weighted by atomic mass is 9.88. The second-order valence-electron chi connectivity index (χ2n) is 6.22. The van der Waals surface area contributed by atoms with Crippen molar-refractivity contribution in [3.63, 3.8) is 0 Å². The molecule has 0 aliphatic rings. The fourth-order valence-electron chi connectivity index (χ4n) is 3.06. The molecule has 0 saturated heterocycles. The summed E-state index contributed by atoms with van der Waals surface area (Å²) in [6.07, 6.45) is 0.757. The van der Waals surface area contributed by atoms with Crippen LogP contribution >= 0.6 is 0 Å². The number of non-ortho nitro benzene ring substituents is 1. The molecule has 0 aliphatic carbocycles. The van der Waals surface area contributed by atoms with Gasteiger partial charge >= 0.3 is 0 Å². The van der Waals surface area contributed by atoms with E-state index in [0.29, 0.717) is 12.1 Å². The van der Waals surface area contributed by atoms with Crippen LogP contribution in [0.25, 0.3) is 0 Å². The van der Waals surface area contributed by atoms with Crippen molar-refractivity contribution in [2.24, 2.45) is 0 Å². The van der Waals surface area contributed by atoms with Gasteiger partial charge in [0.2, 0.25) is 0 Å². The summed E-state index contributed by atoms with van der Waals surface area (Å²) in [5, 5.41) is 13.6. The number of carbonyl (C=O) groups excluding carboxylic acids is 1. The van der Waals surface area contributed by atoms with Crippen molar-refractivity contribution >= 4 is 11.6 Å². The number of carbonyl (C=O) groups is 1. The third kappa shape index (κ3) is 4.79. The Hall–Kier alpha value is -3.47. The molecule has 1 N–H and O–H groups in total. The van der Waals surface area contributed by atoms with Gasteiger partial charge in [0, 0.05) is 30.2 Å². The number of hydrogen-bond donors (Lipinski definition) is 1. The first-order valence-corrected chi connectivity index (χ1v) is 8.77. The molecule has 0 heterocycles. The van der Waals surface area contributed by atoms with Crippen LogP contribution in [0, 0.1) is 10.1 Å². The monoisotopic (exact) mass is 360 g/mol. The van der Waals surface area contributed by atoms with Crippen molar-refractivity contribution in [2.45, 2.75) is 12.3 Å². The van der Waals surface area contributed by atoms with E-state index in [2.05, 4.69) is 29.6 Å². The highest BCUT2D eigenvalue weighted by molar-refractivity contribution is 5.94. The third-order valence-electron chi connectivity index (χ3n) is 4.46. The van der Waals surface area contributed by atoms with Crippen LogP contribution in [0.3, 0.4) is 0 Å². The Bertz CT molecular complexity index is 854. The zero-order chi connectivity index (χ0) is 19.1. The number of amides is 1. The largest absolute Gasteiger partial charge is 0.352 e. The van der Waals surface area contributed by atoms with Crippen LogP contribution in [0.4, 0.5) is 5.69 Å². The molecule has 3 aromatic carbocycles. The Morgan fingerprint density at radius 2 is 1.37 bits per heavy atom. The maximum atomic E-state index is 12.3. The highest BCUT2D eigenvalue weighted by atomic mass is 16.6. The zero-order valence-electron chi connectivity index (χ0n) is 14.7. The molecule has 0 radical (unpaired) electrons. The van der Waals surface area contributed by atoms with Crippen molar-refractivity contribution in [3.8, 4) is 0 Å². The molecule has 27 heavy (non-hydrogen) atoms. The second-order valence-corrected chi connectivity index (χ2v) is 6.22. The Labute approximate surface area is 157 Å². The van der Waals surface area contributed by atoms with Crippen molar-refractivity contribution in [1.29, 1.82) is 0 Å². The fourth-order valence-corrected chi connectivity index (χ4v) is 3.06. The summed E-state index contributed by atoms with van der Waals surface area (Å²) in [6.45, 7) is 0.504. The first kappa shape index (κ1) is 18.3. The minimum absolute atomic E-state index is 0.0280. The van der Waals surface area contributed by atoms with E-state index in [1.165, 1.54) is 35.4 Å².